The molecule has 1 aromatic carbocycles. The molecule has 0 fully saturated rings. The van der Waals surface area contributed by atoms with Gasteiger partial charge in [-0.15, -0.1) is 0 Å². The zero-order chi connectivity index (χ0) is 20.4. The first kappa shape index (κ1) is 19.6. The number of hydrogen-bond donors (Lipinski definition) is 1. The smallest absolute Gasteiger partial charge is 0.299 e. The summed E-state index contributed by atoms with van der Waals surface area (Å²) in [6.45, 7) is 1.97. The van der Waals surface area contributed by atoms with Crippen LogP contribution in [0.3, 0.4) is 0 Å². The lowest BCUT2D eigenvalue weighted by Gasteiger charge is -2.06. The van der Waals surface area contributed by atoms with Gasteiger partial charge in [0.2, 0.25) is 5.95 Å². The number of hydrazone groups is 1. The number of allylic oxidation sites excluding steroid dienone is 2. The van der Waals surface area contributed by atoms with Crippen molar-refractivity contribution in [3.8, 4) is 0 Å². The van der Waals surface area contributed by atoms with Gasteiger partial charge in [0.15, 0.2) is 11.2 Å². The molecule has 0 atom stereocenters. The predicted molar refractivity (Wildman–Crippen MR) is 107 cm³/mol. The van der Waals surface area contributed by atoms with Gasteiger partial charge in [0.25, 0.3) is 5.56 Å². The van der Waals surface area contributed by atoms with Gasteiger partial charge in [0.05, 0.1) is 6.21 Å². The number of aromatic nitrogens is 4. The molecule has 8 nitrogen and oxygen atoms in total. The number of aryl methyl sites for hydroxylation is 1. The minimum absolute atomic E-state index is 0.230. The van der Waals surface area contributed by atoms with Crippen LogP contribution < -0.4 is 16.7 Å². The molecule has 0 saturated carbocycles. The normalized spacial score (nSPS) is 12.2. The number of nitrogens with zero attached hydrogens (tertiary/aromatic N) is 5. The van der Waals surface area contributed by atoms with Crippen LogP contribution in [0, 0.1) is 5.82 Å². The Balaban J connectivity index is 2.08. The van der Waals surface area contributed by atoms with E-state index < -0.39 is 11.2 Å². The number of nitrogens with one attached hydrogen (secondary N) is 1. The minimum Gasteiger partial charge on any atom is -0.299 e. The predicted octanol–water partition coefficient (Wildman–Crippen LogP) is 2.16. The van der Waals surface area contributed by atoms with Crippen molar-refractivity contribution in [3.05, 3.63) is 67.6 Å². The number of hydrogen-bond acceptors (Lipinski definition) is 5. The molecule has 2 heterocycles. The second kappa shape index (κ2) is 7.81. The Bertz CT molecular complexity index is 1200. The topological polar surface area (TPSA) is 86.2 Å². The number of fused-ring (bicyclic) bond motifs is 1. The third-order valence-electron chi connectivity index (χ3n) is 4.15. The van der Waals surface area contributed by atoms with Crippen LogP contribution in [0.5, 0.6) is 0 Å². The Morgan fingerprint density at radius 2 is 1.93 bits per heavy atom. The average Bonchev–Trinajstić information content (AvgIpc) is 3.03. The highest BCUT2D eigenvalue weighted by Crippen LogP contribution is 2.16. The van der Waals surface area contributed by atoms with E-state index in [0.717, 1.165) is 4.57 Å². The molecule has 28 heavy (non-hydrogen) atoms. The maximum absolute atomic E-state index is 13.0. The molecule has 0 aliphatic carbocycles. The van der Waals surface area contributed by atoms with E-state index in [4.69, 9.17) is 11.6 Å². The maximum atomic E-state index is 13.0. The molecule has 1 N–H and O–H groups in total. The molecule has 0 aliphatic rings. The molecule has 3 rings (SSSR count). The first-order valence-electron chi connectivity index (χ1n) is 8.32. The maximum Gasteiger partial charge on any atom is 0.332 e. The number of rotatable bonds is 5. The van der Waals surface area contributed by atoms with Gasteiger partial charge in [-0.2, -0.15) is 10.1 Å². The summed E-state index contributed by atoms with van der Waals surface area (Å²) in [6.07, 6.45) is 3.20. The molecule has 0 spiro atoms. The SMILES string of the molecule is C/C(Cl)=C\Cn1c(N/N=C\c2ccc(F)cc2)nc2c1c(=O)n(C)c(=O)n2C. The fourth-order valence-corrected chi connectivity index (χ4v) is 2.71. The summed E-state index contributed by atoms with van der Waals surface area (Å²) in [5, 5.41) is 4.64. The number of halogens is 2. The van der Waals surface area contributed by atoms with Crippen LogP contribution in [0.2, 0.25) is 0 Å². The second-order valence-corrected chi connectivity index (χ2v) is 6.73. The first-order valence-corrected chi connectivity index (χ1v) is 8.70. The van der Waals surface area contributed by atoms with E-state index in [1.54, 1.807) is 29.7 Å². The van der Waals surface area contributed by atoms with Crippen molar-refractivity contribution in [2.24, 2.45) is 19.2 Å². The fraction of sp³-hybridized carbons (Fsp3) is 0.222. The molecule has 2 aromatic heterocycles. The van der Waals surface area contributed by atoms with E-state index in [-0.39, 0.29) is 29.5 Å². The molecule has 10 heteroatoms. The quantitative estimate of drug-likeness (QED) is 0.521. The van der Waals surface area contributed by atoms with Crippen LogP contribution in [0.4, 0.5) is 10.3 Å². The molecule has 3 aromatic rings. The van der Waals surface area contributed by atoms with Crippen LogP contribution >= 0.6 is 11.6 Å². The lowest BCUT2D eigenvalue weighted by molar-refractivity contribution is 0.628. The average molecular weight is 405 g/mol. The van der Waals surface area contributed by atoms with Gasteiger partial charge in [-0.05, 0) is 24.6 Å². The van der Waals surface area contributed by atoms with E-state index >= 15 is 0 Å². The van der Waals surface area contributed by atoms with Crippen molar-refractivity contribution in [1.82, 2.24) is 18.7 Å². The van der Waals surface area contributed by atoms with Gasteiger partial charge in [0.1, 0.15) is 5.82 Å². The Morgan fingerprint density at radius 1 is 1.25 bits per heavy atom. The Hall–Kier alpha value is -3.20. The Kier molecular flexibility index (Phi) is 5.46. The van der Waals surface area contributed by atoms with E-state index in [1.165, 1.54) is 37.0 Å². The van der Waals surface area contributed by atoms with Gasteiger partial charge in [0, 0.05) is 25.7 Å². The van der Waals surface area contributed by atoms with Crippen LogP contribution in [0.1, 0.15) is 12.5 Å². The van der Waals surface area contributed by atoms with Gasteiger partial charge in [-0.25, -0.2) is 14.6 Å². The zero-order valence-corrected chi connectivity index (χ0v) is 16.2. The van der Waals surface area contributed by atoms with Gasteiger partial charge >= 0.3 is 5.69 Å². The molecule has 0 amide bonds. The molecule has 0 saturated heterocycles. The first-order chi connectivity index (χ1) is 13.3. The van der Waals surface area contributed by atoms with E-state index in [2.05, 4.69) is 15.5 Å². The summed E-state index contributed by atoms with van der Waals surface area (Å²) in [5.74, 6) is -0.0762. The summed E-state index contributed by atoms with van der Waals surface area (Å²) < 4.78 is 16.9. The van der Waals surface area contributed by atoms with Crippen LogP contribution in [-0.2, 0) is 20.6 Å². The molecule has 0 aliphatic heterocycles. The molecule has 0 unspecified atom stereocenters. The van der Waals surface area contributed by atoms with Crippen LogP contribution in [0.15, 0.2) is 50.1 Å². The Labute approximate surface area is 164 Å². The summed E-state index contributed by atoms with van der Waals surface area (Å²) in [7, 11) is 2.94. The highest BCUT2D eigenvalue weighted by atomic mass is 35.5. The standard InChI is InChI=1S/C18H18ClFN6O2/c1-11(19)8-9-26-14-15(24(2)18(28)25(3)16(14)27)22-17(26)23-21-10-12-4-6-13(20)7-5-12/h4-8,10H,9H2,1-3H3,(H,22,23)/b11-8+,21-10-. The largest absolute Gasteiger partial charge is 0.332 e. The lowest BCUT2D eigenvalue weighted by atomic mass is 10.2. The van der Waals surface area contributed by atoms with Crippen molar-refractivity contribution >= 4 is 34.9 Å². The second-order valence-electron chi connectivity index (χ2n) is 6.14. The molecule has 0 bridgehead atoms. The van der Waals surface area contributed by atoms with Crippen LogP contribution in [-0.4, -0.2) is 24.9 Å². The molecule has 0 radical (unpaired) electrons. The molecular formula is C18H18ClFN6O2. The van der Waals surface area contributed by atoms with E-state index in [1.807, 2.05) is 0 Å². The summed E-state index contributed by atoms with van der Waals surface area (Å²) >= 11 is 5.93. The summed E-state index contributed by atoms with van der Waals surface area (Å²) in [6, 6.07) is 5.79. The number of anilines is 1. The lowest BCUT2D eigenvalue weighted by Crippen LogP contribution is -2.37. The van der Waals surface area contributed by atoms with E-state index in [9.17, 15) is 14.0 Å². The summed E-state index contributed by atoms with van der Waals surface area (Å²) in [5.41, 5.74) is 2.98. The van der Waals surface area contributed by atoms with E-state index in [0.29, 0.717) is 10.6 Å². The number of benzene rings is 1. The molecule has 146 valence electrons. The number of imidazole rings is 1. The highest BCUT2D eigenvalue weighted by molar-refractivity contribution is 6.29. The van der Waals surface area contributed by atoms with Crippen molar-refractivity contribution in [1.29, 1.82) is 0 Å². The Morgan fingerprint density at radius 3 is 2.57 bits per heavy atom. The minimum atomic E-state index is -0.479. The van der Waals surface area contributed by atoms with Crippen molar-refractivity contribution < 1.29 is 4.39 Å². The monoisotopic (exact) mass is 404 g/mol. The van der Waals surface area contributed by atoms with Crippen molar-refractivity contribution in [2.45, 2.75) is 13.5 Å². The van der Waals surface area contributed by atoms with Crippen molar-refractivity contribution in [3.63, 3.8) is 0 Å². The van der Waals surface area contributed by atoms with Gasteiger partial charge < -0.3 is 0 Å². The summed E-state index contributed by atoms with van der Waals surface area (Å²) in [4.78, 5) is 29.2. The van der Waals surface area contributed by atoms with Gasteiger partial charge in [-0.3, -0.25) is 18.5 Å². The van der Waals surface area contributed by atoms with Crippen molar-refractivity contribution in [2.75, 3.05) is 5.43 Å². The zero-order valence-electron chi connectivity index (χ0n) is 15.5. The third-order valence-corrected chi connectivity index (χ3v) is 4.31. The van der Waals surface area contributed by atoms with Gasteiger partial charge in [-0.1, -0.05) is 29.8 Å². The third kappa shape index (κ3) is 3.74. The van der Waals surface area contributed by atoms with Crippen LogP contribution in [0.25, 0.3) is 11.2 Å². The fourth-order valence-electron chi connectivity index (χ4n) is 2.64. The molecular weight excluding hydrogens is 387 g/mol. The highest BCUT2D eigenvalue weighted by Gasteiger charge is 2.18.